The smallest absolute Gasteiger partial charge is 0.191 e. The lowest BCUT2D eigenvalue weighted by molar-refractivity contribution is 0.122. The topological polar surface area (TPSA) is 80.2 Å². The molecule has 0 amide bonds. The molecule has 2 N–H and O–H groups in total. The van der Waals surface area contributed by atoms with E-state index in [4.69, 9.17) is 14.2 Å². The molecule has 8 heteroatoms. The number of aliphatic imine (C=N–C) groups is 1. The molecule has 2 heterocycles. The summed E-state index contributed by atoms with van der Waals surface area (Å²) in [6.45, 7) is 4.43. The zero-order chi connectivity index (χ0) is 20.5. The van der Waals surface area contributed by atoms with Gasteiger partial charge in [-0.05, 0) is 23.8 Å². The number of hydrogen-bond donors (Lipinski definition) is 2. The third-order valence-electron chi connectivity index (χ3n) is 4.76. The van der Waals surface area contributed by atoms with E-state index in [1.807, 2.05) is 30.5 Å². The van der Waals surface area contributed by atoms with Crippen LogP contribution in [-0.2, 0) is 17.8 Å². The summed E-state index contributed by atoms with van der Waals surface area (Å²) in [5, 5.41) is 6.70. The van der Waals surface area contributed by atoms with E-state index in [2.05, 4.69) is 31.6 Å². The van der Waals surface area contributed by atoms with Crippen LogP contribution in [0.1, 0.15) is 11.1 Å². The van der Waals surface area contributed by atoms with Crippen molar-refractivity contribution in [1.29, 1.82) is 0 Å². The van der Waals surface area contributed by atoms with Gasteiger partial charge < -0.3 is 29.7 Å². The monoisotopic (exact) mass is 399 g/mol. The van der Waals surface area contributed by atoms with Gasteiger partial charge in [0.25, 0.3) is 0 Å². The number of hydrogen-bond acceptors (Lipinski definition) is 6. The second-order valence-electron chi connectivity index (χ2n) is 6.55. The Morgan fingerprint density at radius 2 is 1.86 bits per heavy atom. The summed E-state index contributed by atoms with van der Waals surface area (Å²) >= 11 is 0. The third kappa shape index (κ3) is 5.51. The maximum atomic E-state index is 5.45. The first-order valence-corrected chi connectivity index (χ1v) is 9.67. The van der Waals surface area contributed by atoms with E-state index in [-0.39, 0.29) is 0 Å². The van der Waals surface area contributed by atoms with Gasteiger partial charge in [-0.25, -0.2) is 4.98 Å². The highest BCUT2D eigenvalue weighted by atomic mass is 16.5. The second kappa shape index (κ2) is 10.5. The van der Waals surface area contributed by atoms with E-state index in [0.717, 1.165) is 49.2 Å². The molecule has 0 radical (unpaired) electrons. The van der Waals surface area contributed by atoms with Crippen LogP contribution in [-0.4, -0.2) is 58.5 Å². The first-order valence-electron chi connectivity index (χ1n) is 9.67. The lowest BCUT2D eigenvalue weighted by atomic mass is 10.2. The van der Waals surface area contributed by atoms with Gasteiger partial charge in [-0.2, -0.15) is 0 Å². The van der Waals surface area contributed by atoms with Crippen molar-refractivity contribution in [1.82, 2.24) is 15.6 Å². The number of ether oxygens (including phenoxy) is 3. The average molecular weight is 399 g/mol. The van der Waals surface area contributed by atoms with E-state index in [0.29, 0.717) is 24.6 Å². The van der Waals surface area contributed by atoms with Crippen molar-refractivity contribution in [3.05, 3.63) is 47.7 Å². The van der Waals surface area contributed by atoms with Gasteiger partial charge in [0.05, 0.1) is 27.4 Å². The number of nitrogens with zero attached hydrogens (tertiary/aromatic N) is 3. The molecular formula is C21H29N5O3. The molecule has 1 fully saturated rings. The van der Waals surface area contributed by atoms with Crippen molar-refractivity contribution in [3.63, 3.8) is 0 Å². The van der Waals surface area contributed by atoms with Crippen LogP contribution >= 0.6 is 0 Å². The minimum atomic E-state index is 0.614. The second-order valence-corrected chi connectivity index (χ2v) is 6.55. The molecule has 156 valence electrons. The van der Waals surface area contributed by atoms with Crippen molar-refractivity contribution in [3.8, 4) is 11.5 Å². The van der Waals surface area contributed by atoms with Crippen molar-refractivity contribution < 1.29 is 14.2 Å². The van der Waals surface area contributed by atoms with Crippen LogP contribution in [0.5, 0.6) is 11.5 Å². The van der Waals surface area contributed by atoms with E-state index >= 15 is 0 Å². The number of pyridine rings is 1. The van der Waals surface area contributed by atoms with E-state index in [1.165, 1.54) is 0 Å². The van der Waals surface area contributed by atoms with Crippen LogP contribution in [0.3, 0.4) is 0 Å². The Kier molecular flexibility index (Phi) is 7.52. The molecule has 0 unspecified atom stereocenters. The molecule has 1 aliphatic heterocycles. The minimum Gasteiger partial charge on any atom is -0.493 e. The predicted octanol–water partition coefficient (Wildman–Crippen LogP) is 1.80. The van der Waals surface area contributed by atoms with Crippen molar-refractivity contribution in [2.75, 3.05) is 52.5 Å². The Bertz CT molecular complexity index is 822. The molecule has 2 aromatic rings. The van der Waals surface area contributed by atoms with Gasteiger partial charge in [0.15, 0.2) is 17.5 Å². The predicted molar refractivity (Wildman–Crippen MR) is 114 cm³/mol. The molecular weight excluding hydrogens is 370 g/mol. The quantitative estimate of drug-likeness (QED) is 0.543. The first kappa shape index (κ1) is 20.7. The molecule has 3 rings (SSSR count). The SMILES string of the molecule is CN=C(NCc1ccc(OC)c(OC)c1)NCc1cccnc1N1CCOCC1. The maximum Gasteiger partial charge on any atom is 0.191 e. The zero-order valence-electron chi connectivity index (χ0n) is 17.3. The summed E-state index contributed by atoms with van der Waals surface area (Å²) in [7, 11) is 5.02. The highest BCUT2D eigenvalue weighted by molar-refractivity contribution is 5.79. The molecule has 0 atom stereocenters. The van der Waals surface area contributed by atoms with Gasteiger partial charge >= 0.3 is 0 Å². The normalized spacial score (nSPS) is 14.4. The summed E-state index contributed by atoms with van der Waals surface area (Å²) < 4.78 is 16.1. The fourth-order valence-corrected chi connectivity index (χ4v) is 3.20. The van der Waals surface area contributed by atoms with Crippen LogP contribution in [0.25, 0.3) is 0 Å². The Hall–Kier alpha value is -3.00. The summed E-state index contributed by atoms with van der Waals surface area (Å²) in [4.78, 5) is 11.2. The summed E-state index contributed by atoms with van der Waals surface area (Å²) in [5.41, 5.74) is 2.20. The lowest BCUT2D eigenvalue weighted by Crippen LogP contribution is -2.39. The number of rotatable bonds is 7. The van der Waals surface area contributed by atoms with Gasteiger partial charge in [0.2, 0.25) is 0 Å². The van der Waals surface area contributed by atoms with Gasteiger partial charge in [0.1, 0.15) is 5.82 Å². The highest BCUT2D eigenvalue weighted by Gasteiger charge is 2.16. The summed E-state index contributed by atoms with van der Waals surface area (Å²) in [6, 6.07) is 9.90. The Morgan fingerprint density at radius 1 is 1.10 bits per heavy atom. The zero-order valence-corrected chi connectivity index (χ0v) is 17.3. The van der Waals surface area contributed by atoms with Crippen LogP contribution in [0.4, 0.5) is 5.82 Å². The molecule has 8 nitrogen and oxygen atoms in total. The fourth-order valence-electron chi connectivity index (χ4n) is 3.20. The molecule has 0 saturated carbocycles. The third-order valence-corrected chi connectivity index (χ3v) is 4.76. The van der Waals surface area contributed by atoms with Crippen LogP contribution in [0.15, 0.2) is 41.5 Å². The number of methoxy groups -OCH3 is 2. The van der Waals surface area contributed by atoms with Crippen molar-refractivity contribution >= 4 is 11.8 Å². The molecule has 0 spiro atoms. The Balaban J connectivity index is 1.59. The molecule has 1 aromatic carbocycles. The van der Waals surface area contributed by atoms with E-state index in [9.17, 15) is 0 Å². The highest BCUT2D eigenvalue weighted by Crippen LogP contribution is 2.27. The summed E-state index contributed by atoms with van der Waals surface area (Å²) in [6.07, 6.45) is 1.83. The molecule has 0 aliphatic carbocycles. The van der Waals surface area contributed by atoms with Crippen LogP contribution < -0.4 is 25.0 Å². The molecule has 0 bridgehead atoms. The molecule has 1 aliphatic rings. The lowest BCUT2D eigenvalue weighted by Gasteiger charge is -2.29. The van der Waals surface area contributed by atoms with Crippen molar-refractivity contribution in [2.24, 2.45) is 4.99 Å². The van der Waals surface area contributed by atoms with Gasteiger partial charge in [-0.15, -0.1) is 0 Å². The number of guanidine groups is 1. The van der Waals surface area contributed by atoms with Crippen molar-refractivity contribution in [2.45, 2.75) is 13.1 Å². The number of nitrogens with one attached hydrogen (secondary N) is 2. The summed E-state index contributed by atoms with van der Waals surface area (Å²) in [5.74, 6) is 3.14. The molecule has 29 heavy (non-hydrogen) atoms. The minimum absolute atomic E-state index is 0.614. The fraction of sp³-hybridized carbons (Fsp3) is 0.429. The van der Waals surface area contributed by atoms with Gasteiger partial charge in [-0.1, -0.05) is 12.1 Å². The van der Waals surface area contributed by atoms with Gasteiger partial charge in [0, 0.05) is 45.0 Å². The standard InChI is InChI=1S/C21H29N5O3/c1-22-21(24-14-16-6-7-18(27-2)19(13-16)28-3)25-15-17-5-4-8-23-20(17)26-9-11-29-12-10-26/h4-8,13H,9-12,14-15H2,1-3H3,(H2,22,24,25). The van der Waals surface area contributed by atoms with Gasteiger partial charge in [-0.3, -0.25) is 4.99 Å². The van der Waals surface area contributed by atoms with Crippen LogP contribution in [0, 0.1) is 0 Å². The Morgan fingerprint density at radius 3 is 2.59 bits per heavy atom. The Labute approximate surface area is 171 Å². The molecule has 1 aromatic heterocycles. The first-order chi connectivity index (χ1) is 14.2. The number of benzene rings is 1. The number of morpholine rings is 1. The average Bonchev–Trinajstić information content (AvgIpc) is 2.79. The van der Waals surface area contributed by atoms with E-state index < -0.39 is 0 Å². The number of aromatic nitrogens is 1. The van der Waals surface area contributed by atoms with Crippen LogP contribution in [0.2, 0.25) is 0 Å². The maximum absolute atomic E-state index is 5.45. The van der Waals surface area contributed by atoms with E-state index in [1.54, 1.807) is 21.3 Å². The largest absolute Gasteiger partial charge is 0.493 e. The number of anilines is 1. The molecule has 1 saturated heterocycles.